The molecule has 0 aliphatic rings. The molecule has 0 unspecified atom stereocenters. The zero-order chi connectivity index (χ0) is 13.3. The van der Waals surface area contributed by atoms with Crippen molar-refractivity contribution in [3.05, 3.63) is 0 Å². The molecule has 0 spiro atoms. The van der Waals surface area contributed by atoms with Crippen molar-refractivity contribution >= 4 is 12.0 Å². The number of carbonyl (C=O) groups is 2. The van der Waals surface area contributed by atoms with Gasteiger partial charge in [0.1, 0.15) is 0 Å². The van der Waals surface area contributed by atoms with Crippen LogP contribution in [0.1, 0.15) is 0 Å². The van der Waals surface area contributed by atoms with E-state index in [0.29, 0.717) is 6.61 Å². The first-order valence-electron chi connectivity index (χ1n) is 4.58. The Balaban J connectivity index is 3.59. The van der Waals surface area contributed by atoms with Gasteiger partial charge >= 0.3 is 12.3 Å². The van der Waals surface area contributed by atoms with Crippen molar-refractivity contribution < 1.29 is 32.2 Å². The average molecular weight is 258 g/mol. The molecule has 0 aliphatic heterocycles. The Morgan fingerprint density at radius 2 is 1.88 bits per heavy atom. The molecule has 2 amide bonds. The van der Waals surface area contributed by atoms with Crippen molar-refractivity contribution in [3.8, 4) is 0 Å². The zero-order valence-corrected chi connectivity index (χ0v) is 9.10. The number of alkyl carbamates (subject to hydrolysis) is 1. The molecule has 17 heavy (non-hydrogen) atoms. The molecule has 0 atom stereocenters. The number of alkyl halides is 3. The maximum Gasteiger partial charge on any atom is 0.422 e. The Kier molecular flexibility index (Phi) is 7.03. The lowest BCUT2D eigenvalue weighted by atomic mass is 10.5. The Labute approximate surface area is 95.4 Å². The molecule has 0 bridgehead atoms. The minimum Gasteiger partial charge on any atom is -0.440 e. The maximum atomic E-state index is 11.6. The smallest absolute Gasteiger partial charge is 0.422 e. The van der Waals surface area contributed by atoms with Crippen molar-refractivity contribution in [1.82, 2.24) is 10.6 Å². The van der Waals surface area contributed by atoms with Crippen LogP contribution < -0.4 is 10.6 Å². The van der Waals surface area contributed by atoms with E-state index < -0.39 is 31.3 Å². The molecule has 0 aromatic carbocycles. The summed E-state index contributed by atoms with van der Waals surface area (Å²) in [5.74, 6) is -0.550. The fraction of sp³-hybridized carbons (Fsp3) is 0.750. The first kappa shape index (κ1) is 15.5. The highest BCUT2D eigenvalue weighted by atomic mass is 19.4. The zero-order valence-electron chi connectivity index (χ0n) is 9.10. The number of halogens is 3. The summed E-state index contributed by atoms with van der Waals surface area (Å²) >= 11 is 0. The highest BCUT2D eigenvalue weighted by Crippen LogP contribution is 2.14. The SMILES string of the molecule is COCCNC(=O)CNC(=O)OCC(F)(F)F. The molecule has 2 N–H and O–H groups in total. The number of hydrogen-bond donors (Lipinski definition) is 2. The monoisotopic (exact) mass is 258 g/mol. The second kappa shape index (κ2) is 7.71. The molecule has 0 aromatic heterocycles. The molecule has 100 valence electrons. The van der Waals surface area contributed by atoms with Gasteiger partial charge in [-0.2, -0.15) is 13.2 Å². The second-order valence-corrected chi connectivity index (χ2v) is 2.89. The molecule has 0 saturated heterocycles. The summed E-state index contributed by atoms with van der Waals surface area (Å²) in [6.07, 6.45) is -5.89. The number of ether oxygens (including phenoxy) is 2. The van der Waals surface area contributed by atoms with E-state index in [-0.39, 0.29) is 6.54 Å². The van der Waals surface area contributed by atoms with Crippen molar-refractivity contribution in [1.29, 1.82) is 0 Å². The van der Waals surface area contributed by atoms with Crippen LogP contribution in [0.3, 0.4) is 0 Å². The minimum absolute atomic E-state index is 0.245. The first-order chi connectivity index (χ1) is 7.85. The number of methoxy groups -OCH3 is 1. The van der Waals surface area contributed by atoms with Crippen molar-refractivity contribution in [2.75, 3.05) is 33.4 Å². The molecule has 0 aliphatic carbocycles. The van der Waals surface area contributed by atoms with Gasteiger partial charge < -0.3 is 20.1 Å². The molecular formula is C8H13F3N2O4. The molecule has 0 aromatic rings. The number of carbonyl (C=O) groups excluding carboxylic acids is 2. The van der Waals surface area contributed by atoms with Gasteiger partial charge in [-0.25, -0.2) is 4.79 Å². The third-order valence-electron chi connectivity index (χ3n) is 1.39. The normalized spacial score (nSPS) is 10.8. The summed E-state index contributed by atoms with van der Waals surface area (Å²) in [6.45, 7) is -1.61. The molecule has 0 fully saturated rings. The van der Waals surface area contributed by atoms with Crippen LogP contribution in [-0.2, 0) is 14.3 Å². The summed E-state index contributed by atoms with van der Waals surface area (Å²) in [6, 6.07) is 0. The van der Waals surface area contributed by atoms with E-state index in [9.17, 15) is 22.8 Å². The first-order valence-corrected chi connectivity index (χ1v) is 4.58. The molecular weight excluding hydrogens is 245 g/mol. The van der Waals surface area contributed by atoms with Crippen molar-refractivity contribution in [2.24, 2.45) is 0 Å². The Bertz CT molecular complexity index is 258. The predicted molar refractivity (Wildman–Crippen MR) is 50.3 cm³/mol. The van der Waals surface area contributed by atoms with Gasteiger partial charge in [0, 0.05) is 13.7 Å². The van der Waals surface area contributed by atoms with E-state index in [1.165, 1.54) is 7.11 Å². The van der Waals surface area contributed by atoms with Gasteiger partial charge in [-0.3, -0.25) is 4.79 Å². The van der Waals surface area contributed by atoms with E-state index in [4.69, 9.17) is 0 Å². The second-order valence-electron chi connectivity index (χ2n) is 2.89. The Morgan fingerprint density at radius 3 is 2.41 bits per heavy atom. The van der Waals surface area contributed by atoms with E-state index in [0.717, 1.165) is 0 Å². The van der Waals surface area contributed by atoms with Gasteiger partial charge in [-0.15, -0.1) is 0 Å². The standard InChI is InChI=1S/C8H13F3N2O4/c1-16-3-2-12-6(14)4-13-7(15)17-5-8(9,10)11/h2-5H2,1H3,(H,12,14)(H,13,15). The van der Waals surface area contributed by atoms with Gasteiger partial charge in [0.25, 0.3) is 0 Å². The van der Waals surface area contributed by atoms with Gasteiger partial charge in [0.15, 0.2) is 6.61 Å². The predicted octanol–water partition coefficient (Wildman–Crippen LogP) is 0.0375. The van der Waals surface area contributed by atoms with Gasteiger partial charge in [-0.1, -0.05) is 0 Å². The third-order valence-corrected chi connectivity index (χ3v) is 1.39. The summed E-state index contributed by atoms with van der Waals surface area (Å²) in [5, 5.41) is 4.22. The summed E-state index contributed by atoms with van der Waals surface area (Å²) < 4.78 is 43.3. The Morgan fingerprint density at radius 1 is 1.24 bits per heavy atom. The number of hydrogen-bond acceptors (Lipinski definition) is 4. The van der Waals surface area contributed by atoms with Gasteiger partial charge in [0.05, 0.1) is 13.2 Å². The number of amides is 2. The summed E-state index contributed by atoms with van der Waals surface area (Å²) in [5.41, 5.74) is 0. The molecule has 0 saturated carbocycles. The van der Waals surface area contributed by atoms with E-state index >= 15 is 0 Å². The lowest BCUT2D eigenvalue weighted by Gasteiger charge is -2.09. The summed E-state index contributed by atoms with van der Waals surface area (Å²) in [4.78, 5) is 21.7. The van der Waals surface area contributed by atoms with Crippen LogP contribution in [0.15, 0.2) is 0 Å². The number of rotatable bonds is 6. The minimum atomic E-state index is -4.59. The molecule has 9 heteroatoms. The van der Waals surface area contributed by atoms with Crippen molar-refractivity contribution in [3.63, 3.8) is 0 Å². The highest BCUT2D eigenvalue weighted by molar-refractivity contribution is 5.82. The van der Waals surface area contributed by atoms with Crippen LogP contribution in [0.5, 0.6) is 0 Å². The van der Waals surface area contributed by atoms with Crippen LogP contribution in [-0.4, -0.2) is 51.6 Å². The maximum absolute atomic E-state index is 11.6. The quantitative estimate of drug-likeness (QED) is 0.659. The van der Waals surface area contributed by atoms with Crippen LogP contribution >= 0.6 is 0 Å². The summed E-state index contributed by atoms with van der Waals surface area (Å²) in [7, 11) is 1.44. The molecule has 0 heterocycles. The fourth-order valence-electron chi connectivity index (χ4n) is 0.706. The molecule has 0 radical (unpaired) electrons. The largest absolute Gasteiger partial charge is 0.440 e. The number of nitrogens with one attached hydrogen (secondary N) is 2. The topological polar surface area (TPSA) is 76.7 Å². The molecule has 6 nitrogen and oxygen atoms in total. The van der Waals surface area contributed by atoms with E-state index in [2.05, 4.69) is 14.8 Å². The van der Waals surface area contributed by atoms with Crippen molar-refractivity contribution in [2.45, 2.75) is 6.18 Å². The molecule has 0 rings (SSSR count). The van der Waals surface area contributed by atoms with Crippen LogP contribution in [0.25, 0.3) is 0 Å². The van der Waals surface area contributed by atoms with Crippen LogP contribution in [0.4, 0.5) is 18.0 Å². The Hall–Kier alpha value is -1.51. The lowest BCUT2D eigenvalue weighted by Crippen LogP contribution is -2.39. The fourth-order valence-corrected chi connectivity index (χ4v) is 0.706. The lowest BCUT2D eigenvalue weighted by molar-refractivity contribution is -0.160. The van der Waals surface area contributed by atoms with E-state index in [1.54, 1.807) is 0 Å². The van der Waals surface area contributed by atoms with E-state index in [1.807, 2.05) is 5.32 Å². The van der Waals surface area contributed by atoms with Crippen LogP contribution in [0.2, 0.25) is 0 Å². The van der Waals surface area contributed by atoms with Gasteiger partial charge in [-0.05, 0) is 0 Å². The highest BCUT2D eigenvalue weighted by Gasteiger charge is 2.29. The van der Waals surface area contributed by atoms with Gasteiger partial charge in [0.2, 0.25) is 5.91 Å². The third kappa shape index (κ3) is 10.8. The van der Waals surface area contributed by atoms with Crippen LogP contribution in [0, 0.1) is 0 Å². The average Bonchev–Trinajstić information content (AvgIpc) is 2.23.